The Balaban J connectivity index is 2.02. The highest BCUT2D eigenvalue weighted by Crippen LogP contribution is 2.19. The van der Waals surface area contributed by atoms with Gasteiger partial charge in [-0.25, -0.2) is 17.1 Å². The van der Waals surface area contributed by atoms with E-state index in [9.17, 15) is 12.8 Å². The van der Waals surface area contributed by atoms with Crippen molar-refractivity contribution in [1.29, 1.82) is 0 Å². The Labute approximate surface area is 126 Å². The van der Waals surface area contributed by atoms with Gasteiger partial charge in [0.05, 0.1) is 5.75 Å². The molecule has 2 rings (SSSR count). The van der Waals surface area contributed by atoms with Gasteiger partial charge in [-0.1, -0.05) is 12.1 Å². The van der Waals surface area contributed by atoms with Crippen molar-refractivity contribution in [3.63, 3.8) is 0 Å². The molecule has 1 aromatic rings. The Hall–Kier alpha value is -0.980. The number of ether oxygens (including phenoxy) is 1. The number of hydrogen-bond acceptors (Lipinski definition) is 3. The molecular formula is C15H22FNO3S. The third-order valence-corrected chi connectivity index (χ3v) is 5.65. The smallest absolute Gasteiger partial charge is 0.218 e. The lowest BCUT2D eigenvalue weighted by Gasteiger charge is -2.26. The lowest BCUT2D eigenvalue weighted by atomic mass is 10.0. The quantitative estimate of drug-likeness (QED) is 0.838. The number of nitrogens with zero attached hydrogens (tertiary/aromatic N) is 1. The number of benzene rings is 1. The maximum Gasteiger partial charge on any atom is 0.218 e. The van der Waals surface area contributed by atoms with Crippen LogP contribution in [0.1, 0.15) is 24.0 Å². The Bertz CT molecular complexity index is 583. The molecule has 0 amide bonds. The van der Waals surface area contributed by atoms with Crippen molar-refractivity contribution < 1.29 is 17.5 Å². The summed E-state index contributed by atoms with van der Waals surface area (Å²) in [6.07, 6.45) is 1.75. The first-order chi connectivity index (χ1) is 9.88. The monoisotopic (exact) mass is 315 g/mol. The second kappa shape index (κ2) is 6.85. The van der Waals surface area contributed by atoms with Crippen LogP contribution in [0.5, 0.6) is 0 Å². The summed E-state index contributed by atoms with van der Waals surface area (Å²) in [5.74, 6) is -0.432. The molecule has 0 N–H and O–H groups in total. The standard InChI is InChI=1S/C15H22FNO3S/c1-12-3-4-14(15(16)9-12)11-21(18,19)17(2)10-13-5-7-20-8-6-13/h3-4,9,13H,5-8,10-11H2,1-2H3. The molecule has 1 fully saturated rings. The second-order valence-corrected chi connectivity index (χ2v) is 7.76. The normalized spacial score (nSPS) is 17.3. The predicted molar refractivity (Wildman–Crippen MR) is 79.9 cm³/mol. The maximum absolute atomic E-state index is 13.8. The zero-order valence-electron chi connectivity index (χ0n) is 12.5. The minimum Gasteiger partial charge on any atom is -0.381 e. The van der Waals surface area contributed by atoms with Gasteiger partial charge in [-0.05, 0) is 37.3 Å². The molecular weight excluding hydrogens is 293 g/mol. The van der Waals surface area contributed by atoms with Crippen molar-refractivity contribution >= 4 is 10.0 Å². The van der Waals surface area contributed by atoms with Gasteiger partial charge in [-0.15, -0.1) is 0 Å². The van der Waals surface area contributed by atoms with Crippen molar-refractivity contribution in [3.8, 4) is 0 Å². The summed E-state index contributed by atoms with van der Waals surface area (Å²) in [5, 5.41) is 0. The minimum atomic E-state index is -3.50. The molecule has 0 aliphatic carbocycles. The third kappa shape index (κ3) is 4.49. The van der Waals surface area contributed by atoms with E-state index in [1.165, 1.54) is 10.4 Å². The third-order valence-electron chi connectivity index (χ3n) is 3.88. The van der Waals surface area contributed by atoms with Crippen molar-refractivity contribution in [3.05, 3.63) is 35.1 Å². The Morgan fingerprint density at radius 1 is 1.33 bits per heavy atom. The predicted octanol–water partition coefficient (Wildman–Crippen LogP) is 2.32. The fraction of sp³-hybridized carbons (Fsp3) is 0.600. The molecule has 1 heterocycles. The number of hydrogen-bond donors (Lipinski definition) is 0. The molecule has 0 bridgehead atoms. The van der Waals surface area contributed by atoms with E-state index in [1.54, 1.807) is 26.1 Å². The van der Waals surface area contributed by atoms with E-state index in [-0.39, 0.29) is 11.3 Å². The molecule has 0 radical (unpaired) electrons. The minimum absolute atomic E-state index is 0.222. The summed E-state index contributed by atoms with van der Waals surface area (Å²) in [5.41, 5.74) is 1.00. The Kier molecular flexibility index (Phi) is 5.35. The highest BCUT2D eigenvalue weighted by atomic mass is 32.2. The van der Waals surface area contributed by atoms with Crippen LogP contribution >= 0.6 is 0 Å². The molecule has 0 saturated carbocycles. The van der Waals surface area contributed by atoms with E-state index in [0.29, 0.717) is 25.7 Å². The molecule has 1 saturated heterocycles. The van der Waals surface area contributed by atoms with E-state index in [2.05, 4.69) is 0 Å². The van der Waals surface area contributed by atoms with E-state index >= 15 is 0 Å². The SMILES string of the molecule is Cc1ccc(CS(=O)(=O)N(C)CC2CCOCC2)c(F)c1. The van der Waals surface area contributed by atoms with E-state index in [0.717, 1.165) is 18.4 Å². The second-order valence-electron chi connectivity index (χ2n) is 5.69. The summed E-state index contributed by atoms with van der Waals surface area (Å²) in [6, 6.07) is 4.64. The number of halogens is 1. The van der Waals surface area contributed by atoms with Crippen LogP contribution in [0, 0.1) is 18.7 Å². The van der Waals surface area contributed by atoms with Gasteiger partial charge >= 0.3 is 0 Å². The van der Waals surface area contributed by atoms with Gasteiger partial charge in [-0.2, -0.15) is 0 Å². The lowest BCUT2D eigenvalue weighted by molar-refractivity contribution is 0.0620. The van der Waals surface area contributed by atoms with Gasteiger partial charge in [0.25, 0.3) is 0 Å². The molecule has 0 unspecified atom stereocenters. The topological polar surface area (TPSA) is 46.6 Å². The first-order valence-corrected chi connectivity index (χ1v) is 8.76. The molecule has 0 atom stereocenters. The van der Waals surface area contributed by atoms with E-state index in [4.69, 9.17) is 4.74 Å². The Morgan fingerprint density at radius 2 is 2.00 bits per heavy atom. The molecule has 0 aromatic heterocycles. The van der Waals surface area contributed by atoms with Crippen LogP contribution in [-0.4, -0.2) is 39.5 Å². The van der Waals surface area contributed by atoms with Crippen LogP contribution in [0.4, 0.5) is 4.39 Å². The van der Waals surface area contributed by atoms with Crippen LogP contribution in [0.25, 0.3) is 0 Å². The van der Waals surface area contributed by atoms with E-state index in [1.807, 2.05) is 0 Å². The van der Waals surface area contributed by atoms with Gasteiger partial charge in [0.1, 0.15) is 5.82 Å². The average molecular weight is 315 g/mol. The molecule has 21 heavy (non-hydrogen) atoms. The summed E-state index contributed by atoms with van der Waals surface area (Å²) >= 11 is 0. The zero-order chi connectivity index (χ0) is 15.5. The van der Waals surface area contributed by atoms with Gasteiger partial charge in [0.2, 0.25) is 10.0 Å². The molecule has 118 valence electrons. The average Bonchev–Trinajstić information content (AvgIpc) is 2.43. The van der Waals surface area contributed by atoms with E-state index < -0.39 is 15.8 Å². The molecule has 4 nitrogen and oxygen atoms in total. The van der Waals surface area contributed by atoms with Gasteiger partial charge < -0.3 is 4.74 Å². The number of rotatable bonds is 5. The van der Waals surface area contributed by atoms with Gasteiger partial charge in [-0.3, -0.25) is 0 Å². The van der Waals surface area contributed by atoms with Gasteiger partial charge in [0.15, 0.2) is 0 Å². The Morgan fingerprint density at radius 3 is 2.62 bits per heavy atom. The summed E-state index contributed by atoms with van der Waals surface area (Å²) < 4.78 is 45.1. The van der Waals surface area contributed by atoms with Crippen LogP contribution in [0.15, 0.2) is 18.2 Å². The first-order valence-electron chi connectivity index (χ1n) is 7.15. The summed E-state index contributed by atoms with van der Waals surface area (Å²) in [7, 11) is -1.93. The number of sulfonamides is 1. The largest absolute Gasteiger partial charge is 0.381 e. The molecule has 1 aromatic carbocycles. The van der Waals surface area contributed by atoms with Crippen LogP contribution in [0.2, 0.25) is 0 Å². The summed E-state index contributed by atoms with van der Waals surface area (Å²) in [6.45, 7) is 3.62. The zero-order valence-corrected chi connectivity index (χ0v) is 13.3. The fourth-order valence-electron chi connectivity index (χ4n) is 2.48. The molecule has 1 aliphatic rings. The van der Waals surface area contributed by atoms with Crippen molar-refractivity contribution in [2.24, 2.45) is 5.92 Å². The molecule has 6 heteroatoms. The lowest BCUT2D eigenvalue weighted by Crippen LogP contribution is -2.35. The van der Waals surface area contributed by atoms with Crippen LogP contribution < -0.4 is 0 Å². The van der Waals surface area contributed by atoms with Crippen molar-refractivity contribution in [2.45, 2.75) is 25.5 Å². The van der Waals surface area contributed by atoms with Crippen molar-refractivity contribution in [2.75, 3.05) is 26.8 Å². The van der Waals surface area contributed by atoms with Crippen LogP contribution in [-0.2, 0) is 20.5 Å². The van der Waals surface area contributed by atoms with Crippen LogP contribution in [0.3, 0.4) is 0 Å². The summed E-state index contributed by atoms with van der Waals surface area (Å²) in [4.78, 5) is 0. The molecule has 0 spiro atoms. The maximum atomic E-state index is 13.8. The first kappa shape index (κ1) is 16.4. The number of aryl methyl sites for hydroxylation is 1. The molecule has 1 aliphatic heterocycles. The van der Waals surface area contributed by atoms with Crippen molar-refractivity contribution in [1.82, 2.24) is 4.31 Å². The van der Waals surface area contributed by atoms with Gasteiger partial charge in [0, 0.05) is 32.4 Å². The fourth-order valence-corrected chi connectivity index (χ4v) is 3.77. The highest BCUT2D eigenvalue weighted by molar-refractivity contribution is 7.88. The highest BCUT2D eigenvalue weighted by Gasteiger charge is 2.24.